The largest absolute Gasteiger partial charge is 0.461 e. The van der Waals surface area contributed by atoms with Crippen LogP contribution in [-0.2, 0) is 10.0 Å². The van der Waals surface area contributed by atoms with Crippen LogP contribution in [0.4, 0.5) is 0 Å². The van der Waals surface area contributed by atoms with Gasteiger partial charge >= 0.3 is 0 Å². The van der Waals surface area contributed by atoms with Crippen molar-refractivity contribution >= 4 is 39.1 Å². The lowest BCUT2D eigenvalue weighted by Gasteiger charge is -2.33. The number of carbonyl (C=O) groups excluding carboxylic acids is 1. The van der Waals surface area contributed by atoms with Gasteiger partial charge in [0.05, 0.1) is 16.3 Å². The second-order valence-corrected chi connectivity index (χ2v) is 8.99. The van der Waals surface area contributed by atoms with Gasteiger partial charge in [-0.3, -0.25) is 4.79 Å². The number of sulfonamides is 1. The number of aromatic nitrogens is 1. The molecule has 2 aromatic heterocycles. The monoisotopic (exact) mass is 455 g/mol. The molecule has 3 heterocycles. The summed E-state index contributed by atoms with van der Waals surface area (Å²) < 4.78 is 37.5. The highest BCUT2D eigenvalue weighted by atomic mass is 35.5. The molecule has 152 valence electrons. The van der Waals surface area contributed by atoms with Crippen LogP contribution in [0.5, 0.6) is 0 Å². The van der Waals surface area contributed by atoms with Gasteiger partial charge in [-0.1, -0.05) is 34.4 Å². The van der Waals surface area contributed by atoms with Crippen LogP contribution in [0.1, 0.15) is 10.5 Å². The summed E-state index contributed by atoms with van der Waals surface area (Å²) in [5.41, 5.74) is 0.127. The molecule has 0 N–H and O–H groups in total. The van der Waals surface area contributed by atoms with E-state index >= 15 is 0 Å². The lowest BCUT2D eigenvalue weighted by Crippen LogP contribution is -2.50. The van der Waals surface area contributed by atoms with E-state index in [1.165, 1.54) is 33.7 Å². The van der Waals surface area contributed by atoms with Crippen molar-refractivity contribution in [2.75, 3.05) is 26.2 Å². The van der Waals surface area contributed by atoms with Crippen LogP contribution in [0, 0.1) is 0 Å². The fourth-order valence-electron chi connectivity index (χ4n) is 3.06. The summed E-state index contributed by atoms with van der Waals surface area (Å²) >= 11 is 12.1. The Morgan fingerprint density at radius 2 is 1.69 bits per heavy atom. The minimum atomic E-state index is -3.88. The Morgan fingerprint density at radius 1 is 1.00 bits per heavy atom. The lowest BCUT2D eigenvalue weighted by molar-refractivity contribution is 0.0687. The molecule has 1 aromatic carbocycles. The number of hydrogen-bond acceptors (Lipinski definition) is 6. The molecule has 0 atom stereocenters. The van der Waals surface area contributed by atoms with Crippen molar-refractivity contribution in [2.45, 2.75) is 4.90 Å². The Kier molecular flexibility index (Phi) is 5.39. The van der Waals surface area contributed by atoms with E-state index in [4.69, 9.17) is 32.1 Å². The Labute approximate surface area is 176 Å². The van der Waals surface area contributed by atoms with Gasteiger partial charge in [0.25, 0.3) is 5.91 Å². The zero-order chi connectivity index (χ0) is 20.6. The number of piperazine rings is 1. The quantitative estimate of drug-likeness (QED) is 0.597. The number of hydrogen-bond donors (Lipinski definition) is 0. The first-order valence-corrected chi connectivity index (χ1v) is 10.8. The first-order valence-electron chi connectivity index (χ1n) is 8.62. The van der Waals surface area contributed by atoms with Gasteiger partial charge in [-0.2, -0.15) is 4.31 Å². The highest BCUT2D eigenvalue weighted by Crippen LogP contribution is 2.32. The molecule has 0 bridgehead atoms. The third kappa shape index (κ3) is 3.78. The zero-order valence-corrected chi connectivity index (χ0v) is 17.2. The maximum atomic E-state index is 12.9. The molecule has 1 saturated heterocycles. The topological polar surface area (TPSA) is 96.9 Å². The molecule has 0 aliphatic carbocycles. The van der Waals surface area contributed by atoms with Gasteiger partial charge in [0.15, 0.2) is 11.5 Å². The Balaban J connectivity index is 1.46. The molecule has 8 nitrogen and oxygen atoms in total. The molecule has 11 heteroatoms. The third-order valence-corrected chi connectivity index (χ3v) is 7.39. The van der Waals surface area contributed by atoms with E-state index in [0.29, 0.717) is 11.5 Å². The van der Waals surface area contributed by atoms with Gasteiger partial charge in [0.1, 0.15) is 4.90 Å². The van der Waals surface area contributed by atoms with Crippen molar-refractivity contribution in [1.82, 2.24) is 14.4 Å². The third-order valence-electron chi connectivity index (χ3n) is 4.54. The van der Waals surface area contributed by atoms with Gasteiger partial charge in [0.2, 0.25) is 15.8 Å². The van der Waals surface area contributed by atoms with Crippen molar-refractivity contribution in [3.63, 3.8) is 0 Å². The molecule has 0 unspecified atom stereocenters. The standard InChI is InChI=1S/C18H15Cl2N3O5S/c19-12-3-1-4-13(20)17(12)29(25,26)23-8-6-22(7-9-23)18(24)14-11-16(28-21-14)15-5-2-10-27-15/h1-5,10-11H,6-9H2. The molecule has 0 saturated carbocycles. The molecule has 4 rings (SSSR count). The van der Waals surface area contributed by atoms with Crippen molar-refractivity contribution in [3.8, 4) is 11.5 Å². The summed E-state index contributed by atoms with van der Waals surface area (Å²) in [6, 6.07) is 9.41. The van der Waals surface area contributed by atoms with Crippen LogP contribution in [-0.4, -0.2) is 54.9 Å². The molecule has 29 heavy (non-hydrogen) atoms. The smallest absolute Gasteiger partial charge is 0.276 e. The normalized spacial score (nSPS) is 15.6. The average molecular weight is 456 g/mol. The van der Waals surface area contributed by atoms with E-state index < -0.39 is 10.0 Å². The highest BCUT2D eigenvalue weighted by molar-refractivity contribution is 7.89. The van der Waals surface area contributed by atoms with Crippen molar-refractivity contribution in [1.29, 1.82) is 0 Å². The van der Waals surface area contributed by atoms with Crippen LogP contribution in [0.25, 0.3) is 11.5 Å². The summed E-state index contributed by atoms with van der Waals surface area (Å²) in [6.45, 7) is 0.614. The number of halogens is 2. The number of furan rings is 1. The minimum Gasteiger partial charge on any atom is -0.461 e. The van der Waals surface area contributed by atoms with E-state index in [9.17, 15) is 13.2 Å². The molecule has 1 aliphatic rings. The van der Waals surface area contributed by atoms with Crippen molar-refractivity contribution < 1.29 is 22.2 Å². The Hall–Kier alpha value is -2.33. The second kappa shape index (κ2) is 7.83. The first kappa shape index (κ1) is 20.0. The lowest BCUT2D eigenvalue weighted by atomic mass is 10.2. The number of amides is 1. The van der Waals surface area contributed by atoms with Crippen LogP contribution >= 0.6 is 23.2 Å². The first-order chi connectivity index (χ1) is 13.9. The van der Waals surface area contributed by atoms with Crippen LogP contribution in [0.15, 0.2) is 56.5 Å². The summed E-state index contributed by atoms with van der Waals surface area (Å²) in [5.74, 6) is 0.455. The summed E-state index contributed by atoms with van der Waals surface area (Å²) in [6.07, 6.45) is 1.49. The molecule has 0 spiro atoms. The molecule has 1 fully saturated rings. The highest BCUT2D eigenvalue weighted by Gasteiger charge is 2.33. The Bertz CT molecular complexity index is 1120. The van der Waals surface area contributed by atoms with Crippen LogP contribution < -0.4 is 0 Å². The average Bonchev–Trinajstić information content (AvgIpc) is 3.39. The minimum absolute atomic E-state index is 0.0593. The second-order valence-electron chi connectivity index (χ2n) is 6.30. The van der Waals surface area contributed by atoms with Gasteiger partial charge in [-0.15, -0.1) is 0 Å². The molecule has 1 aliphatic heterocycles. The summed E-state index contributed by atoms with van der Waals surface area (Å²) in [5, 5.41) is 3.91. The SMILES string of the molecule is O=C(c1cc(-c2ccco2)on1)N1CCN(S(=O)(=O)c2c(Cl)cccc2Cl)CC1. The fourth-order valence-corrected chi connectivity index (χ4v) is 5.58. The van der Waals surface area contributed by atoms with Crippen LogP contribution in [0.3, 0.4) is 0 Å². The van der Waals surface area contributed by atoms with Gasteiger partial charge in [-0.25, -0.2) is 8.42 Å². The number of nitrogens with zero attached hydrogens (tertiary/aromatic N) is 3. The maximum Gasteiger partial charge on any atom is 0.276 e. The van der Waals surface area contributed by atoms with Gasteiger partial charge < -0.3 is 13.8 Å². The van der Waals surface area contributed by atoms with Gasteiger partial charge in [-0.05, 0) is 24.3 Å². The molecular weight excluding hydrogens is 441 g/mol. The number of carbonyl (C=O) groups is 1. The number of benzene rings is 1. The van der Waals surface area contributed by atoms with Crippen molar-refractivity contribution in [3.05, 3.63) is 58.4 Å². The predicted octanol–water partition coefficient (Wildman–Crippen LogP) is 3.39. The van der Waals surface area contributed by atoms with E-state index in [1.807, 2.05) is 0 Å². The predicted molar refractivity (Wildman–Crippen MR) is 105 cm³/mol. The zero-order valence-electron chi connectivity index (χ0n) is 14.9. The Morgan fingerprint density at radius 3 is 2.31 bits per heavy atom. The van der Waals surface area contributed by atoms with E-state index in [2.05, 4.69) is 5.16 Å². The van der Waals surface area contributed by atoms with E-state index in [0.717, 1.165) is 0 Å². The van der Waals surface area contributed by atoms with Gasteiger partial charge in [0, 0.05) is 32.2 Å². The summed E-state index contributed by atoms with van der Waals surface area (Å²) in [7, 11) is -3.88. The summed E-state index contributed by atoms with van der Waals surface area (Å²) in [4.78, 5) is 14.1. The van der Waals surface area contributed by atoms with Crippen LogP contribution in [0.2, 0.25) is 10.0 Å². The van der Waals surface area contributed by atoms with E-state index in [-0.39, 0.29) is 52.7 Å². The number of rotatable bonds is 4. The van der Waals surface area contributed by atoms with Crippen molar-refractivity contribution in [2.24, 2.45) is 0 Å². The molecule has 1 amide bonds. The maximum absolute atomic E-state index is 12.9. The molecule has 3 aromatic rings. The molecular formula is C18H15Cl2N3O5S. The molecule has 0 radical (unpaired) electrons. The van der Waals surface area contributed by atoms with E-state index in [1.54, 1.807) is 18.2 Å². The fraction of sp³-hybridized carbons (Fsp3) is 0.222.